The van der Waals surface area contributed by atoms with Gasteiger partial charge < -0.3 is 0 Å². The number of unbranched alkanes of at least 4 members (excludes halogenated alkanes) is 13. The van der Waals surface area contributed by atoms with Crippen molar-refractivity contribution in [3.63, 3.8) is 0 Å². The third kappa shape index (κ3) is 12.2. The van der Waals surface area contributed by atoms with E-state index in [1.54, 1.807) is 39.1 Å². The van der Waals surface area contributed by atoms with Gasteiger partial charge in [0, 0.05) is 0 Å². The maximum atomic E-state index is 2.82. The van der Waals surface area contributed by atoms with E-state index in [1.165, 1.54) is 133 Å². The molecule has 0 aromatic carbocycles. The SMILES string of the molecule is CCCCCCCCc1ccsc1-c1ccc(-c2s[c]([Sn]([CH2]CCC)([CH2]CCC)[CH2]CCC)cc2CCCCCCCC)s1. The van der Waals surface area contributed by atoms with Crippen LogP contribution in [0.3, 0.4) is 0 Å². The Hall–Kier alpha value is -0.101. The summed E-state index contributed by atoms with van der Waals surface area (Å²) < 4.78 is 6.66. The Labute approximate surface area is 289 Å². The van der Waals surface area contributed by atoms with Crippen LogP contribution in [0, 0.1) is 0 Å². The number of thiophene rings is 3. The Morgan fingerprint density at radius 3 is 1.50 bits per heavy atom. The fraction of sp³-hybridized carbons (Fsp3) is 0.700. The number of aryl methyl sites for hydroxylation is 2. The zero-order valence-electron chi connectivity index (χ0n) is 29.4. The Morgan fingerprint density at radius 1 is 0.477 bits per heavy atom. The van der Waals surface area contributed by atoms with E-state index in [2.05, 4.69) is 86.9 Å². The van der Waals surface area contributed by atoms with Crippen LogP contribution in [0.15, 0.2) is 29.6 Å². The summed E-state index contributed by atoms with van der Waals surface area (Å²) in [6.07, 6.45) is 27.5. The molecular weight excluding hydrogens is 695 g/mol. The summed E-state index contributed by atoms with van der Waals surface area (Å²) in [4.78, 5) is 6.27. The standard InChI is InChI=1S/C28H39S3.3C4H9.Sn/c1-3-5-7-9-11-13-15-23-19-21-29-27(23)25-17-18-26(31-25)28-24(20-22-30-28)16-14-12-10-8-6-4-2;3*1-3-4-2;/h17-21H,3-16H2,1-2H3;3*1,3-4H2,2H3;. The van der Waals surface area contributed by atoms with Gasteiger partial charge in [-0.2, -0.15) is 0 Å². The Balaban J connectivity index is 1.88. The fourth-order valence-electron chi connectivity index (χ4n) is 6.90. The third-order valence-electron chi connectivity index (χ3n) is 9.76. The molecule has 44 heavy (non-hydrogen) atoms. The second-order valence-corrected chi connectivity index (χ2v) is 30.7. The first-order valence-corrected chi connectivity index (χ1v) is 28.9. The van der Waals surface area contributed by atoms with Gasteiger partial charge in [0.05, 0.1) is 0 Å². The van der Waals surface area contributed by atoms with Gasteiger partial charge in [-0.05, 0) is 0 Å². The second kappa shape index (κ2) is 22.5. The van der Waals surface area contributed by atoms with E-state index in [4.69, 9.17) is 0 Å². The van der Waals surface area contributed by atoms with Crippen molar-refractivity contribution in [2.24, 2.45) is 0 Å². The van der Waals surface area contributed by atoms with E-state index in [-0.39, 0.29) is 0 Å². The summed E-state index contributed by atoms with van der Waals surface area (Å²) in [7, 11) is 0. The van der Waals surface area contributed by atoms with Gasteiger partial charge >= 0.3 is 266 Å². The van der Waals surface area contributed by atoms with E-state index in [0.29, 0.717) is 0 Å². The van der Waals surface area contributed by atoms with Crippen LogP contribution in [-0.2, 0) is 12.8 Å². The monoisotopic (exact) mass is 762 g/mol. The van der Waals surface area contributed by atoms with Gasteiger partial charge in [-0.3, -0.25) is 0 Å². The molecule has 0 fully saturated rings. The van der Waals surface area contributed by atoms with E-state index >= 15 is 0 Å². The molecule has 3 aromatic rings. The summed E-state index contributed by atoms with van der Waals surface area (Å²) in [5.41, 5.74) is 3.30. The molecule has 0 aliphatic rings. The van der Waals surface area contributed by atoms with E-state index in [9.17, 15) is 0 Å². The summed E-state index contributed by atoms with van der Waals surface area (Å²) in [6, 6.07) is 10.2. The normalized spacial score (nSPS) is 12.0. The molecule has 0 spiro atoms. The molecule has 0 nitrogen and oxygen atoms in total. The van der Waals surface area contributed by atoms with Crippen LogP contribution in [0.4, 0.5) is 0 Å². The van der Waals surface area contributed by atoms with Crippen LogP contribution >= 0.6 is 34.0 Å². The molecule has 3 rings (SSSR count). The first-order valence-electron chi connectivity index (χ1n) is 18.9. The summed E-state index contributed by atoms with van der Waals surface area (Å²) >= 11 is 3.89. The van der Waals surface area contributed by atoms with Crippen molar-refractivity contribution < 1.29 is 0 Å². The predicted molar refractivity (Wildman–Crippen MR) is 210 cm³/mol. The summed E-state index contributed by atoms with van der Waals surface area (Å²) in [5.74, 6) is 0. The predicted octanol–water partition coefficient (Wildman–Crippen LogP) is 15.1. The minimum absolute atomic E-state index is 1.24. The van der Waals surface area contributed by atoms with Crippen molar-refractivity contribution in [3.8, 4) is 19.5 Å². The van der Waals surface area contributed by atoms with E-state index < -0.39 is 18.4 Å². The molecule has 0 aliphatic carbocycles. The molecular formula is C40H66S3Sn. The first kappa shape index (κ1) is 38.3. The third-order valence-corrected chi connectivity index (χ3v) is 31.5. The van der Waals surface area contributed by atoms with Crippen molar-refractivity contribution in [1.29, 1.82) is 0 Å². The van der Waals surface area contributed by atoms with Crippen molar-refractivity contribution in [1.82, 2.24) is 0 Å². The van der Waals surface area contributed by atoms with Crippen molar-refractivity contribution in [2.75, 3.05) is 0 Å². The molecule has 248 valence electrons. The quantitative estimate of drug-likeness (QED) is 0.0565. The molecule has 4 heteroatoms. The van der Waals surface area contributed by atoms with Gasteiger partial charge in [0.25, 0.3) is 0 Å². The Bertz CT molecular complexity index is 1110. The average molecular weight is 762 g/mol. The second-order valence-electron chi connectivity index (χ2n) is 13.5. The van der Waals surface area contributed by atoms with E-state index in [1.807, 2.05) is 14.2 Å². The maximum absolute atomic E-state index is 2.82. The van der Waals surface area contributed by atoms with Crippen LogP contribution < -0.4 is 2.89 Å². The van der Waals surface area contributed by atoms with Crippen LogP contribution in [0.2, 0.25) is 13.3 Å². The minimum atomic E-state index is -2.46. The van der Waals surface area contributed by atoms with Gasteiger partial charge in [-0.25, -0.2) is 0 Å². The molecule has 3 aromatic heterocycles. The van der Waals surface area contributed by atoms with Crippen LogP contribution in [0.5, 0.6) is 0 Å². The molecule has 3 heterocycles. The van der Waals surface area contributed by atoms with Crippen molar-refractivity contribution in [3.05, 3.63) is 40.8 Å². The zero-order valence-corrected chi connectivity index (χ0v) is 34.7. The first-order chi connectivity index (χ1) is 21.6. The molecule has 0 N–H and O–H groups in total. The molecule has 0 aliphatic heterocycles. The number of hydrogen-bond acceptors (Lipinski definition) is 3. The van der Waals surface area contributed by atoms with Gasteiger partial charge in [0.15, 0.2) is 0 Å². The van der Waals surface area contributed by atoms with Gasteiger partial charge in [-0.1, -0.05) is 26.2 Å². The molecule has 0 atom stereocenters. The van der Waals surface area contributed by atoms with Crippen molar-refractivity contribution >= 4 is 55.3 Å². The topological polar surface area (TPSA) is 0 Å². The summed E-state index contributed by atoms with van der Waals surface area (Å²) in [6.45, 7) is 11.9. The molecule has 0 bridgehead atoms. The van der Waals surface area contributed by atoms with Gasteiger partial charge in [0.2, 0.25) is 0 Å². The van der Waals surface area contributed by atoms with Gasteiger partial charge in [-0.15, -0.1) is 0 Å². The average Bonchev–Trinajstić information content (AvgIpc) is 3.80. The Kier molecular flexibility index (Phi) is 19.6. The molecule has 0 amide bonds. The number of hydrogen-bond donors (Lipinski definition) is 0. The van der Waals surface area contributed by atoms with Crippen LogP contribution in [0.25, 0.3) is 19.5 Å². The Morgan fingerprint density at radius 2 is 0.955 bits per heavy atom. The molecule has 0 radical (unpaired) electrons. The van der Waals surface area contributed by atoms with Crippen LogP contribution in [0.1, 0.15) is 161 Å². The molecule has 0 saturated heterocycles. The van der Waals surface area contributed by atoms with Crippen LogP contribution in [-0.4, -0.2) is 18.4 Å². The fourth-order valence-corrected chi connectivity index (χ4v) is 29.6. The summed E-state index contributed by atoms with van der Waals surface area (Å²) in [5, 5.41) is 2.34. The van der Waals surface area contributed by atoms with Crippen molar-refractivity contribution in [2.45, 2.75) is 176 Å². The number of rotatable bonds is 26. The van der Waals surface area contributed by atoms with Gasteiger partial charge in [0.1, 0.15) is 0 Å². The molecule has 0 unspecified atom stereocenters. The molecule has 0 saturated carbocycles. The van der Waals surface area contributed by atoms with E-state index in [0.717, 1.165) is 0 Å². The zero-order chi connectivity index (χ0) is 31.5.